The van der Waals surface area contributed by atoms with Crippen LogP contribution in [-0.4, -0.2) is 46.3 Å². The quantitative estimate of drug-likeness (QED) is 0.0959. The lowest BCUT2D eigenvalue weighted by Gasteiger charge is -2.28. The fourth-order valence-corrected chi connectivity index (χ4v) is 8.77. The lowest BCUT2D eigenvalue weighted by molar-refractivity contribution is 0.0697. The number of aryl methyl sites for hydroxylation is 2. The summed E-state index contributed by atoms with van der Waals surface area (Å²) in [4.78, 5) is 16.9. The van der Waals surface area contributed by atoms with Gasteiger partial charge in [0.25, 0.3) is 0 Å². The number of halogens is 1. The van der Waals surface area contributed by atoms with Crippen LogP contribution in [0.3, 0.4) is 0 Å². The molecule has 1 N–H and O–H groups in total. The van der Waals surface area contributed by atoms with Crippen LogP contribution in [0, 0.1) is 0 Å². The summed E-state index contributed by atoms with van der Waals surface area (Å²) in [7, 11) is -4.03. The van der Waals surface area contributed by atoms with E-state index in [4.69, 9.17) is 4.98 Å². The number of carbonyl (C=O) groups is 1. The first-order valence-corrected chi connectivity index (χ1v) is 19.4. The molecule has 0 aliphatic heterocycles. The van der Waals surface area contributed by atoms with E-state index in [-0.39, 0.29) is 30.1 Å². The molecule has 1 saturated carbocycles. The molecule has 244 valence electrons. The average molecular weight is 746 g/mol. The Bertz CT molecular complexity index is 1780. The maximum Gasteiger partial charge on any atom is 0.337 e. The molecule has 0 saturated heterocycles. The van der Waals surface area contributed by atoms with Crippen LogP contribution in [-0.2, 0) is 39.9 Å². The summed E-state index contributed by atoms with van der Waals surface area (Å²) in [6, 6.07) is 20.3. The van der Waals surface area contributed by atoms with Crippen molar-refractivity contribution in [2.24, 2.45) is 0 Å². The van der Waals surface area contributed by atoms with Crippen LogP contribution in [0.15, 0.2) is 82.6 Å². The molecular formula is C33H35BrN3O6S3-. The third-order valence-corrected chi connectivity index (χ3v) is 12.0. The first kappa shape index (κ1) is 34.2. The highest BCUT2D eigenvalue weighted by atomic mass is 79.9. The van der Waals surface area contributed by atoms with E-state index in [0.717, 1.165) is 32.2 Å². The van der Waals surface area contributed by atoms with E-state index in [0.29, 0.717) is 30.0 Å². The van der Waals surface area contributed by atoms with Crippen molar-refractivity contribution in [2.45, 2.75) is 56.6 Å². The van der Waals surface area contributed by atoms with Gasteiger partial charge in [0.05, 0.1) is 27.7 Å². The molecule has 4 aromatic rings. The summed E-state index contributed by atoms with van der Waals surface area (Å²) in [5.41, 5.74) is 3.24. The number of aromatic nitrogens is 1. The minimum atomic E-state index is -4.03. The molecule has 1 fully saturated rings. The first-order valence-electron chi connectivity index (χ1n) is 15.1. The molecule has 9 nitrogen and oxygen atoms in total. The Morgan fingerprint density at radius 3 is 2.41 bits per heavy atom. The third-order valence-electron chi connectivity index (χ3n) is 8.07. The van der Waals surface area contributed by atoms with Gasteiger partial charge in [-0.25, -0.2) is 18.2 Å². The second-order valence-corrected chi connectivity index (χ2v) is 15.9. The molecule has 46 heavy (non-hydrogen) atoms. The van der Waals surface area contributed by atoms with Crippen molar-refractivity contribution in [1.82, 2.24) is 4.98 Å². The van der Waals surface area contributed by atoms with Crippen LogP contribution in [0.5, 0.6) is 0 Å². The van der Waals surface area contributed by atoms with E-state index >= 15 is 0 Å². The monoisotopic (exact) mass is 744 g/mol. The Hall–Kier alpha value is -3.10. The minimum absolute atomic E-state index is 0.0145. The maximum absolute atomic E-state index is 14.0. The lowest BCUT2D eigenvalue weighted by Crippen LogP contribution is -2.35. The van der Waals surface area contributed by atoms with Crippen LogP contribution < -0.4 is 8.61 Å². The predicted molar refractivity (Wildman–Crippen MR) is 186 cm³/mol. The zero-order valence-corrected chi connectivity index (χ0v) is 29.1. The van der Waals surface area contributed by atoms with E-state index in [1.54, 1.807) is 53.8 Å². The molecule has 1 heterocycles. The largest absolute Gasteiger partial charge is 0.755 e. The smallest absolute Gasteiger partial charge is 0.337 e. The van der Waals surface area contributed by atoms with Crippen molar-refractivity contribution in [2.75, 3.05) is 21.7 Å². The number of para-hydroxylation sites is 1. The van der Waals surface area contributed by atoms with E-state index in [9.17, 15) is 27.1 Å². The van der Waals surface area contributed by atoms with Crippen LogP contribution in [0.2, 0.25) is 0 Å². The van der Waals surface area contributed by atoms with Crippen molar-refractivity contribution in [3.8, 4) is 0 Å². The standard InChI is InChI=1S/C33H36BrN3O6S3/c34-27-14-16-28(17-15-27)36(45(40)41)19-3-4-20-37(31-12-2-1-11-29(31)33(38)39)46(42,43)23-25-8-5-7-24(21-25)13-18-32-35-30(22-44-32)26-9-6-10-26/h1-2,5,7-8,11-12,14-17,21-22,26H,3-4,6,9-10,13,18-20,23H2,(H,38,39)(H,40,41)/p-1. The van der Waals surface area contributed by atoms with Gasteiger partial charge in [0.15, 0.2) is 0 Å². The molecule has 1 aromatic heterocycles. The SMILES string of the molecule is O=C(O)c1ccccc1N(CCCCN(c1ccc(Br)cc1)S(=O)[O-])S(=O)(=O)Cc1cccc(CCc2nc(C3CCC3)cs2)c1. The second kappa shape index (κ2) is 15.7. The van der Waals surface area contributed by atoms with Crippen molar-refractivity contribution in [1.29, 1.82) is 0 Å². The zero-order chi connectivity index (χ0) is 32.7. The second-order valence-electron chi connectivity index (χ2n) is 11.3. The van der Waals surface area contributed by atoms with Crippen LogP contribution in [0.25, 0.3) is 0 Å². The Labute approximate surface area is 284 Å². The third kappa shape index (κ3) is 8.82. The highest BCUT2D eigenvalue weighted by molar-refractivity contribution is 9.10. The average Bonchev–Trinajstić information content (AvgIpc) is 3.45. The Morgan fingerprint density at radius 2 is 1.72 bits per heavy atom. The highest BCUT2D eigenvalue weighted by Crippen LogP contribution is 2.36. The molecule has 0 spiro atoms. The van der Waals surface area contributed by atoms with Crippen molar-refractivity contribution in [3.05, 3.63) is 110 Å². The summed E-state index contributed by atoms with van der Waals surface area (Å²) in [5, 5.41) is 13.1. The minimum Gasteiger partial charge on any atom is -0.755 e. The van der Waals surface area contributed by atoms with Crippen molar-refractivity contribution >= 4 is 65.9 Å². The zero-order valence-electron chi connectivity index (χ0n) is 25.1. The number of thiazole rings is 1. The molecule has 1 aliphatic rings. The van der Waals surface area contributed by atoms with Gasteiger partial charge in [-0.05, 0) is 79.6 Å². The summed E-state index contributed by atoms with van der Waals surface area (Å²) in [6.45, 7) is 0.120. The number of carboxylic acid groups (broad SMARTS) is 1. The summed E-state index contributed by atoms with van der Waals surface area (Å²) < 4.78 is 55.0. The van der Waals surface area contributed by atoms with Crippen LogP contribution in [0.1, 0.15) is 70.2 Å². The Kier molecular flexibility index (Phi) is 11.7. The molecule has 3 aromatic carbocycles. The van der Waals surface area contributed by atoms with E-state index < -0.39 is 27.3 Å². The Morgan fingerprint density at radius 1 is 1.00 bits per heavy atom. The number of hydrogen-bond donors (Lipinski definition) is 1. The topological polar surface area (TPSA) is 131 Å². The van der Waals surface area contributed by atoms with Crippen LogP contribution >= 0.6 is 27.3 Å². The molecule has 1 unspecified atom stereocenters. The summed E-state index contributed by atoms with van der Waals surface area (Å²) >= 11 is 2.49. The van der Waals surface area contributed by atoms with Crippen molar-refractivity contribution < 1.29 is 27.1 Å². The number of hydrogen-bond acceptors (Lipinski definition) is 7. The van der Waals surface area contributed by atoms with Gasteiger partial charge in [0, 0.05) is 52.2 Å². The van der Waals surface area contributed by atoms with Gasteiger partial charge in [0.2, 0.25) is 10.0 Å². The lowest BCUT2D eigenvalue weighted by atomic mass is 9.83. The Balaban J connectivity index is 1.29. The van der Waals surface area contributed by atoms with Crippen LogP contribution in [0.4, 0.5) is 11.4 Å². The number of anilines is 2. The number of carboxylic acids is 1. The van der Waals surface area contributed by atoms with Crippen molar-refractivity contribution in [3.63, 3.8) is 0 Å². The summed E-state index contributed by atoms with van der Waals surface area (Å²) in [5.74, 6) is -0.953. The van der Waals surface area contributed by atoms with E-state index in [2.05, 4.69) is 21.3 Å². The van der Waals surface area contributed by atoms with E-state index in [1.165, 1.54) is 41.4 Å². The van der Waals surface area contributed by atoms with E-state index in [1.807, 2.05) is 18.2 Å². The van der Waals surface area contributed by atoms with Gasteiger partial charge in [-0.2, -0.15) is 0 Å². The number of rotatable bonds is 16. The number of unbranched alkanes of at least 4 members (excludes halogenated alkanes) is 1. The van der Waals surface area contributed by atoms with Gasteiger partial charge in [0.1, 0.15) is 0 Å². The molecule has 5 rings (SSSR count). The molecule has 0 radical (unpaired) electrons. The molecule has 0 amide bonds. The predicted octanol–water partition coefficient (Wildman–Crippen LogP) is 7.07. The van der Waals surface area contributed by atoms with Gasteiger partial charge >= 0.3 is 5.97 Å². The van der Waals surface area contributed by atoms with Gasteiger partial charge < -0.3 is 14.0 Å². The molecule has 1 atom stereocenters. The fraction of sp³-hybridized carbons (Fsp3) is 0.333. The number of aromatic carboxylic acids is 1. The number of benzene rings is 3. The highest BCUT2D eigenvalue weighted by Gasteiger charge is 2.27. The molecule has 0 bridgehead atoms. The fourth-order valence-electron chi connectivity index (χ4n) is 5.44. The number of sulfonamides is 1. The molecule has 1 aliphatic carbocycles. The first-order chi connectivity index (χ1) is 22.1. The van der Waals surface area contributed by atoms with Gasteiger partial charge in [-0.15, -0.1) is 11.3 Å². The number of nitrogens with zero attached hydrogens (tertiary/aromatic N) is 3. The van der Waals surface area contributed by atoms with Gasteiger partial charge in [-0.3, -0.25) is 8.51 Å². The summed E-state index contributed by atoms with van der Waals surface area (Å²) in [6.07, 6.45) is 5.83. The normalized spacial score (nSPS) is 14.0. The molecule has 13 heteroatoms. The maximum atomic E-state index is 14.0. The van der Waals surface area contributed by atoms with Gasteiger partial charge in [-0.1, -0.05) is 58.7 Å². The molecular weight excluding hydrogens is 710 g/mol.